The van der Waals surface area contributed by atoms with E-state index in [1.54, 1.807) is 0 Å². The first kappa shape index (κ1) is 59.7. The van der Waals surface area contributed by atoms with Crippen LogP contribution in [0.15, 0.2) is 340 Å². The van der Waals surface area contributed by atoms with Crippen molar-refractivity contribution in [3.8, 4) is 84.2 Å². The summed E-state index contributed by atoms with van der Waals surface area (Å²) in [7, 11) is 0. The smallest absolute Gasteiger partial charge is 0.162 e. The van der Waals surface area contributed by atoms with Crippen LogP contribution in [-0.4, -0.2) is 23.7 Å². The molecule has 21 rings (SSSR count). The number of nitrogens with zero attached hydrogens (tertiary/aromatic N) is 6. The molecule has 0 spiro atoms. The van der Waals surface area contributed by atoms with E-state index in [1.165, 1.54) is 87.9 Å². The highest BCUT2D eigenvalue weighted by molar-refractivity contribution is 6.17. The van der Waals surface area contributed by atoms with Crippen molar-refractivity contribution in [2.75, 3.05) is 4.90 Å². The Bertz CT molecular complexity index is 6750. The van der Waals surface area contributed by atoms with Crippen LogP contribution in [0.1, 0.15) is 49.9 Å². The van der Waals surface area contributed by atoms with Crippen LogP contribution in [0.2, 0.25) is 0 Å². The van der Waals surface area contributed by atoms with Crippen LogP contribution in [0.4, 0.5) is 17.1 Å². The molecule has 0 bridgehead atoms. The minimum atomic E-state index is -0.297. The van der Waals surface area contributed by atoms with Crippen molar-refractivity contribution in [1.29, 1.82) is 0 Å². The Hall–Kier alpha value is -13.2. The van der Waals surface area contributed by atoms with Gasteiger partial charge in [0.1, 0.15) is 5.82 Å². The molecule has 0 unspecified atom stereocenters. The maximum atomic E-state index is 5.63. The van der Waals surface area contributed by atoms with Gasteiger partial charge in [-0.15, -0.1) is 0 Å². The molecule has 6 nitrogen and oxygen atoms in total. The lowest BCUT2D eigenvalue weighted by molar-refractivity contribution is 0.663. The fourth-order valence-corrected chi connectivity index (χ4v) is 18.0. The van der Waals surface area contributed by atoms with Crippen LogP contribution >= 0.6 is 0 Å². The maximum Gasteiger partial charge on any atom is 0.162 e. The first-order valence-corrected chi connectivity index (χ1v) is 36.1. The molecule has 6 heteroatoms. The van der Waals surface area contributed by atoms with Gasteiger partial charge in [0.05, 0.1) is 44.3 Å². The summed E-state index contributed by atoms with van der Waals surface area (Å²) in [5, 5.41) is 8.25. The van der Waals surface area contributed by atoms with Crippen LogP contribution in [0.3, 0.4) is 0 Å². The van der Waals surface area contributed by atoms with Gasteiger partial charge in [-0.05, 0) is 151 Å². The Labute approximate surface area is 602 Å². The zero-order valence-corrected chi connectivity index (χ0v) is 58.0. The summed E-state index contributed by atoms with van der Waals surface area (Å²) in [5.74, 6) is 1.55. The summed E-state index contributed by atoms with van der Waals surface area (Å²) < 4.78 is 7.47. The standard InChI is InChI=1S/C98H68N6/c1-97(2)83-35-19-14-31-72(83)78-54-56-80-76-52-49-69(59-89(76)103(93(80)91(78)97)67-28-12-7-13-29-67)101(86-38-22-17-30-71(86)64-24-8-5-9-25-64)68-47-44-62(45-48-68)61-40-42-63(43-41-61)66-46-51-75-74-33-18-23-39-87(74)102(88(75)58-66)70-50-53-77-81-57-55-79-73-32-15-20-36-84(73)98(3,4)92(79)94(81)104(90(77)60-70)96-82-34-16-21-37-85(82)99-95(100-96)65-26-10-6-11-27-65/h5-60H,1-4H3. The SMILES string of the molecule is CC1(C)c2ccccc2-c2ccc3c4ccc(N(c5ccc(-c6ccc(-c7ccc8c9ccccc9n(-c9ccc%10c%11ccc%12c(c%11n(-c%11nc(-c%13ccccc%13)nc%13ccccc%11%13)c%10c9)C(C)(C)c9ccccc9-%12)c8c7)cc6)cc5)c5ccccc5-c5ccccc5)cc4n(-c4ccccc4)c3c21. The van der Waals surface area contributed by atoms with Crippen LogP contribution in [0, 0.1) is 0 Å². The molecule has 4 heterocycles. The van der Waals surface area contributed by atoms with E-state index in [-0.39, 0.29) is 10.8 Å². The van der Waals surface area contributed by atoms with E-state index in [9.17, 15) is 0 Å². The molecule has 0 saturated heterocycles. The molecule has 2 aliphatic carbocycles. The number of hydrogen-bond donors (Lipinski definition) is 0. The molecule has 15 aromatic carbocycles. The second kappa shape index (κ2) is 22.7. The third-order valence-corrected chi connectivity index (χ3v) is 22.8. The van der Waals surface area contributed by atoms with Crippen molar-refractivity contribution in [3.05, 3.63) is 362 Å². The molecule has 0 saturated carbocycles. The second-order valence-corrected chi connectivity index (χ2v) is 29.2. The summed E-state index contributed by atoms with van der Waals surface area (Å²) >= 11 is 0. The molecule has 490 valence electrons. The number of benzene rings is 15. The first-order valence-electron chi connectivity index (χ1n) is 36.1. The predicted molar refractivity (Wildman–Crippen MR) is 434 cm³/mol. The minimum absolute atomic E-state index is 0.210. The average molecular weight is 1330 g/mol. The Balaban J connectivity index is 0.682. The molecular weight excluding hydrogens is 1260 g/mol. The zero-order chi connectivity index (χ0) is 69.1. The van der Waals surface area contributed by atoms with E-state index in [0.717, 1.165) is 106 Å². The van der Waals surface area contributed by atoms with Crippen LogP contribution in [-0.2, 0) is 10.8 Å². The molecule has 2 aliphatic rings. The van der Waals surface area contributed by atoms with Gasteiger partial charge in [-0.3, -0.25) is 4.57 Å². The van der Waals surface area contributed by atoms with Gasteiger partial charge in [0.25, 0.3) is 0 Å². The minimum Gasteiger partial charge on any atom is -0.310 e. The average Bonchev–Trinajstić information content (AvgIpc) is 1.54. The molecule has 0 amide bonds. The van der Waals surface area contributed by atoms with Crippen molar-refractivity contribution in [3.63, 3.8) is 0 Å². The summed E-state index contributed by atoms with van der Waals surface area (Å²) in [6.07, 6.45) is 0. The van der Waals surface area contributed by atoms with Gasteiger partial charge in [0.15, 0.2) is 5.82 Å². The lowest BCUT2D eigenvalue weighted by Crippen LogP contribution is -2.17. The van der Waals surface area contributed by atoms with Gasteiger partial charge in [-0.25, -0.2) is 9.97 Å². The second-order valence-electron chi connectivity index (χ2n) is 29.2. The maximum absolute atomic E-state index is 5.63. The van der Waals surface area contributed by atoms with E-state index in [0.29, 0.717) is 5.82 Å². The molecule has 19 aromatic rings. The molecule has 0 N–H and O–H groups in total. The molecule has 4 aromatic heterocycles. The molecule has 104 heavy (non-hydrogen) atoms. The first-order chi connectivity index (χ1) is 51.1. The Kier molecular flexibility index (Phi) is 13.0. The third kappa shape index (κ3) is 8.82. The molecule has 0 atom stereocenters. The largest absolute Gasteiger partial charge is 0.310 e. The number of hydrogen-bond acceptors (Lipinski definition) is 3. The quantitative estimate of drug-likeness (QED) is 0.137. The van der Waals surface area contributed by atoms with Crippen molar-refractivity contribution in [2.24, 2.45) is 0 Å². The van der Waals surface area contributed by atoms with Gasteiger partial charge < -0.3 is 14.0 Å². The summed E-state index contributed by atoms with van der Waals surface area (Å²) in [5.41, 5.74) is 31.2. The summed E-state index contributed by atoms with van der Waals surface area (Å²) in [4.78, 5) is 13.3. The van der Waals surface area contributed by atoms with Crippen molar-refractivity contribution >= 4 is 93.4 Å². The van der Waals surface area contributed by atoms with E-state index in [2.05, 4.69) is 386 Å². The Morgan fingerprint density at radius 3 is 1.40 bits per heavy atom. The van der Waals surface area contributed by atoms with E-state index in [1.807, 2.05) is 0 Å². The predicted octanol–water partition coefficient (Wildman–Crippen LogP) is 25.7. The summed E-state index contributed by atoms with van der Waals surface area (Å²) in [6, 6.07) is 125. The van der Waals surface area contributed by atoms with E-state index >= 15 is 0 Å². The fraction of sp³-hybridized carbons (Fsp3) is 0.0612. The van der Waals surface area contributed by atoms with Gasteiger partial charge in [0.2, 0.25) is 0 Å². The summed E-state index contributed by atoms with van der Waals surface area (Å²) in [6.45, 7) is 9.57. The van der Waals surface area contributed by atoms with Gasteiger partial charge in [0, 0.05) is 82.4 Å². The Morgan fingerprint density at radius 2 is 0.731 bits per heavy atom. The molecule has 0 radical (unpaired) electrons. The van der Waals surface area contributed by atoms with Crippen molar-refractivity contribution < 1.29 is 0 Å². The highest BCUT2D eigenvalue weighted by Gasteiger charge is 2.41. The topological polar surface area (TPSA) is 43.8 Å². The highest BCUT2D eigenvalue weighted by Crippen LogP contribution is 2.56. The number of rotatable bonds is 10. The Morgan fingerprint density at radius 1 is 0.269 bits per heavy atom. The molecular formula is C98H68N6. The van der Waals surface area contributed by atoms with Crippen LogP contribution in [0.25, 0.3) is 161 Å². The normalized spacial score (nSPS) is 13.3. The van der Waals surface area contributed by atoms with Crippen LogP contribution in [0.5, 0.6) is 0 Å². The molecule has 0 aliphatic heterocycles. The van der Waals surface area contributed by atoms with E-state index < -0.39 is 0 Å². The fourth-order valence-electron chi connectivity index (χ4n) is 18.0. The lowest BCUT2D eigenvalue weighted by Gasteiger charge is -2.28. The number of para-hydroxylation sites is 4. The number of fused-ring (bicyclic) bond motifs is 18. The third-order valence-electron chi connectivity index (χ3n) is 22.8. The lowest BCUT2D eigenvalue weighted by atomic mass is 9.81. The highest BCUT2D eigenvalue weighted by atomic mass is 15.1. The van der Waals surface area contributed by atoms with Crippen molar-refractivity contribution in [2.45, 2.75) is 38.5 Å². The van der Waals surface area contributed by atoms with Crippen LogP contribution < -0.4 is 4.90 Å². The molecule has 0 fully saturated rings. The monoisotopic (exact) mass is 1330 g/mol. The zero-order valence-electron chi connectivity index (χ0n) is 58.0. The van der Waals surface area contributed by atoms with Gasteiger partial charge in [-0.2, -0.15) is 0 Å². The number of aromatic nitrogens is 5. The number of anilines is 3. The van der Waals surface area contributed by atoms with E-state index in [4.69, 9.17) is 9.97 Å². The van der Waals surface area contributed by atoms with Crippen molar-refractivity contribution in [1.82, 2.24) is 23.7 Å². The van der Waals surface area contributed by atoms with Gasteiger partial charge in [-0.1, -0.05) is 289 Å². The van der Waals surface area contributed by atoms with Gasteiger partial charge >= 0.3 is 0 Å².